The van der Waals surface area contributed by atoms with Crippen molar-refractivity contribution >= 4 is 5.90 Å². The third-order valence-electron chi connectivity index (χ3n) is 2.99. The first-order valence-corrected chi connectivity index (χ1v) is 5.96. The molecule has 2 heterocycles. The molecule has 3 nitrogen and oxygen atoms in total. The van der Waals surface area contributed by atoms with Crippen molar-refractivity contribution < 1.29 is 4.74 Å². The number of rotatable bonds is 2. The minimum Gasteiger partial charge on any atom is -0.478 e. The second kappa shape index (κ2) is 4.12. The zero-order valence-corrected chi connectivity index (χ0v) is 10.0. The molecule has 0 amide bonds. The van der Waals surface area contributed by atoms with Gasteiger partial charge < -0.3 is 10.1 Å². The molecule has 0 bridgehead atoms. The van der Waals surface area contributed by atoms with E-state index in [1.165, 1.54) is 6.42 Å². The molecule has 2 rings (SSSR count). The Morgan fingerprint density at radius 3 is 2.87 bits per heavy atom. The van der Waals surface area contributed by atoms with Gasteiger partial charge in [0.15, 0.2) is 5.90 Å². The molecule has 0 aliphatic carbocycles. The Bertz CT molecular complexity index is 249. The summed E-state index contributed by atoms with van der Waals surface area (Å²) in [7, 11) is 0. The highest BCUT2D eigenvalue weighted by Gasteiger charge is 2.29. The van der Waals surface area contributed by atoms with Gasteiger partial charge in [-0.1, -0.05) is 20.8 Å². The van der Waals surface area contributed by atoms with Crippen molar-refractivity contribution in [1.29, 1.82) is 0 Å². The highest BCUT2D eigenvalue weighted by atomic mass is 16.5. The van der Waals surface area contributed by atoms with Crippen LogP contribution in [0, 0.1) is 11.3 Å². The second-order valence-corrected chi connectivity index (χ2v) is 5.89. The topological polar surface area (TPSA) is 33.6 Å². The van der Waals surface area contributed by atoms with E-state index in [4.69, 9.17) is 9.73 Å². The summed E-state index contributed by atoms with van der Waals surface area (Å²) in [5.41, 5.74) is 0.348. The summed E-state index contributed by atoms with van der Waals surface area (Å²) in [6.07, 6.45) is 2.30. The van der Waals surface area contributed by atoms with Gasteiger partial charge in [-0.15, -0.1) is 0 Å². The van der Waals surface area contributed by atoms with Crippen LogP contribution >= 0.6 is 0 Å². The first-order chi connectivity index (χ1) is 7.04. The summed E-state index contributed by atoms with van der Waals surface area (Å²) >= 11 is 0. The summed E-state index contributed by atoms with van der Waals surface area (Å²) in [4.78, 5) is 4.71. The average Bonchev–Trinajstić information content (AvgIpc) is 2.68. The largest absolute Gasteiger partial charge is 0.478 e. The molecule has 1 N–H and O–H groups in total. The molecule has 2 unspecified atom stereocenters. The van der Waals surface area contributed by atoms with Gasteiger partial charge in [-0.05, 0) is 24.8 Å². The van der Waals surface area contributed by atoms with Gasteiger partial charge in [0.05, 0.1) is 6.04 Å². The Hall–Kier alpha value is -0.570. The maximum absolute atomic E-state index is 5.71. The van der Waals surface area contributed by atoms with E-state index >= 15 is 0 Å². The lowest BCUT2D eigenvalue weighted by Crippen LogP contribution is -2.17. The normalized spacial score (nSPS) is 31.5. The van der Waals surface area contributed by atoms with Gasteiger partial charge >= 0.3 is 0 Å². The van der Waals surface area contributed by atoms with Gasteiger partial charge in [-0.3, -0.25) is 0 Å². The molecule has 3 heteroatoms. The molecule has 0 saturated carbocycles. The lowest BCUT2D eigenvalue weighted by atomic mass is 9.89. The Labute approximate surface area is 92.3 Å². The maximum atomic E-state index is 5.71. The third-order valence-corrected chi connectivity index (χ3v) is 2.99. The number of nitrogens with one attached hydrogen (secondary N) is 1. The minimum absolute atomic E-state index is 0.348. The van der Waals surface area contributed by atoms with Crippen molar-refractivity contribution in [3.8, 4) is 0 Å². The van der Waals surface area contributed by atoms with E-state index in [-0.39, 0.29) is 0 Å². The van der Waals surface area contributed by atoms with Crippen LogP contribution in [0.25, 0.3) is 0 Å². The lowest BCUT2D eigenvalue weighted by Gasteiger charge is -2.19. The summed E-state index contributed by atoms with van der Waals surface area (Å²) in [5, 5.41) is 3.35. The highest BCUT2D eigenvalue weighted by Crippen LogP contribution is 2.26. The Balaban J connectivity index is 1.90. The molecule has 0 aromatic carbocycles. The number of nitrogens with zero attached hydrogens (tertiary/aromatic N) is 1. The Morgan fingerprint density at radius 2 is 2.27 bits per heavy atom. The zero-order valence-electron chi connectivity index (χ0n) is 10.0. The Morgan fingerprint density at radius 1 is 1.47 bits per heavy atom. The van der Waals surface area contributed by atoms with E-state index in [1.807, 2.05) is 0 Å². The molecule has 1 saturated heterocycles. The van der Waals surface area contributed by atoms with Crippen molar-refractivity contribution in [2.24, 2.45) is 16.3 Å². The van der Waals surface area contributed by atoms with E-state index in [2.05, 4.69) is 26.1 Å². The van der Waals surface area contributed by atoms with Gasteiger partial charge in [-0.2, -0.15) is 0 Å². The van der Waals surface area contributed by atoms with Gasteiger partial charge in [0.2, 0.25) is 0 Å². The quantitative estimate of drug-likeness (QED) is 0.754. The number of hydrogen-bond donors (Lipinski definition) is 1. The van der Waals surface area contributed by atoms with Crippen LogP contribution in [-0.4, -0.2) is 31.6 Å². The van der Waals surface area contributed by atoms with Crippen molar-refractivity contribution in [2.75, 3.05) is 19.7 Å². The molecule has 0 aromatic rings. The Kier molecular flexibility index (Phi) is 3.01. The molecule has 1 fully saturated rings. The van der Waals surface area contributed by atoms with Gasteiger partial charge in [0, 0.05) is 12.5 Å². The third kappa shape index (κ3) is 2.94. The van der Waals surface area contributed by atoms with Crippen LogP contribution in [0.3, 0.4) is 0 Å². The molecular weight excluding hydrogens is 188 g/mol. The SMILES string of the molecule is CC(C)(C)CC1COC(C2CCNC2)=N1. The number of hydrogen-bond acceptors (Lipinski definition) is 3. The van der Waals surface area contributed by atoms with Gasteiger partial charge in [0.25, 0.3) is 0 Å². The molecule has 2 aliphatic rings. The van der Waals surface area contributed by atoms with Gasteiger partial charge in [-0.25, -0.2) is 4.99 Å². The van der Waals surface area contributed by atoms with Crippen LogP contribution in [0.2, 0.25) is 0 Å². The predicted molar refractivity (Wildman–Crippen MR) is 62.2 cm³/mol. The molecule has 0 radical (unpaired) electrons. The van der Waals surface area contributed by atoms with Crippen LogP contribution < -0.4 is 5.32 Å². The first-order valence-electron chi connectivity index (χ1n) is 5.96. The van der Waals surface area contributed by atoms with Crippen LogP contribution in [0.4, 0.5) is 0 Å². The van der Waals surface area contributed by atoms with E-state index in [1.54, 1.807) is 0 Å². The maximum Gasteiger partial charge on any atom is 0.188 e. The van der Waals surface area contributed by atoms with Crippen molar-refractivity contribution in [3.63, 3.8) is 0 Å². The fraction of sp³-hybridized carbons (Fsp3) is 0.917. The van der Waals surface area contributed by atoms with E-state index < -0.39 is 0 Å². The molecular formula is C12H22N2O. The molecule has 0 aromatic heterocycles. The van der Waals surface area contributed by atoms with Crippen molar-refractivity contribution in [1.82, 2.24) is 5.32 Å². The molecule has 86 valence electrons. The van der Waals surface area contributed by atoms with E-state index in [0.29, 0.717) is 17.4 Å². The fourth-order valence-electron chi connectivity index (χ4n) is 2.34. The second-order valence-electron chi connectivity index (χ2n) is 5.89. The number of ether oxygens (including phenoxy) is 1. The summed E-state index contributed by atoms with van der Waals surface area (Å²) in [6, 6.07) is 0.389. The number of aliphatic imine (C=N–C) groups is 1. The molecule has 2 aliphatic heterocycles. The molecule has 2 atom stereocenters. The molecule has 0 spiro atoms. The van der Waals surface area contributed by atoms with Gasteiger partial charge in [0.1, 0.15) is 6.61 Å². The predicted octanol–water partition coefficient (Wildman–Crippen LogP) is 1.83. The average molecular weight is 210 g/mol. The lowest BCUT2D eigenvalue weighted by molar-refractivity contribution is 0.259. The summed E-state index contributed by atoms with van der Waals surface area (Å²) in [6.45, 7) is 9.73. The van der Waals surface area contributed by atoms with E-state index in [0.717, 1.165) is 32.0 Å². The smallest absolute Gasteiger partial charge is 0.188 e. The molecule has 15 heavy (non-hydrogen) atoms. The van der Waals surface area contributed by atoms with Crippen molar-refractivity contribution in [3.05, 3.63) is 0 Å². The van der Waals surface area contributed by atoms with E-state index in [9.17, 15) is 0 Å². The van der Waals surface area contributed by atoms with Crippen molar-refractivity contribution in [2.45, 2.75) is 39.7 Å². The minimum atomic E-state index is 0.348. The monoisotopic (exact) mass is 210 g/mol. The standard InChI is InChI=1S/C12H22N2O/c1-12(2,3)6-10-8-15-11(14-10)9-4-5-13-7-9/h9-10,13H,4-8H2,1-3H3. The summed E-state index contributed by atoms with van der Waals surface area (Å²) < 4.78 is 5.71. The van der Waals surface area contributed by atoms with Crippen LogP contribution in [0.15, 0.2) is 4.99 Å². The highest BCUT2D eigenvalue weighted by molar-refractivity contribution is 5.80. The first kappa shape index (κ1) is 10.9. The fourth-order valence-corrected chi connectivity index (χ4v) is 2.34. The van der Waals surface area contributed by atoms with Crippen LogP contribution in [-0.2, 0) is 4.74 Å². The zero-order chi connectivity index (χ0) is 10.9. The van der Waals surface area contributed by atoms with Crippen LogP contribution in [0.5, 0.6) is 0 Å². The summed E-state index contributed by atoms with van der Waals surface area (Å²) in [5.74, 6) is 1.55. The van der Waals surface area contributed by atoms with Crippen LogP contribution in [0.1, 0.15) is 33.6 Å².